The Morgan fingerprint density at radius 2 is 1.83 bits per heavy atom. The lowest BCUT2D eigenvalue weighted by molar-refractivity contribution is -0.252. The smallest absolute Gasteiger partial charge is 0.302 e. The molecule has 0 aromatic carbocycles. The van der Waals surface area contributed by atoms with Gasteiger partial charge in [-0.25, -0.2) is 0 Å². The van der Waals surface area contributed by atoms with E-state index in [-0.39, 0.29) is 34.7 Å². The van der Waals surface area contributed by atoms with Crippen LogP contribution in [-0.2, 0) is 19.0 Å². The molecule has 1 heterocycles. The van der Waals surface area contributed by atoms with Crippen molar-refractivity contribution in [2.75, 3.05) is 19.8 Å². The number of esters is 1. The van der Waals surface area contributed by atoms with E-state index in [4.69, 9.17) is 19.7 Å². The van der Waals surface area contributed by atoms with E-state index >= 15 is 0 Å². The third-order valence-electron chi connectivity index (χ3n) is 9.30. The molecule has 0 aromatic rings. The molecular weight excluding hydrogens is 382 g/mol. The summed E-state index contributed by atoms with van der Waals surface area (Å²) in [5.74, 6) is 0.722. The highest BCUT2D eigenvalue weighted by molar-refractivity contribution is 5.66. The van der Waals surface area contributed by atoms with Crippen molar-refractivity contribution in [1.29, 1.82) is 0 Å². The molecular formula is C23H37N3O4. The summed E-state index contributed by atoms with van der Waals surface area (Å²) >= 11 is 0. The molecule has 3 aliphatic carbocycles. The van der Waals surface area contributed by atoms with Crippen LogP contribution in [0.15, 0.2) is 5.11 Å². The van der Waals surface area contributed by atoms with Crippen LogP contribution in [0.3, 0.4) is 0 Å². The standard InChI is InChI=1S/C23H37N3O4/c1-15-5-8-21(3,17(13-15)14-25-26-24)18-6-9-22(4)19(20(18)30-16(2)27)7-10-23(22)28-11-12-29-23/h15,17-20H,5-14H2,1-4H3/t15-,17+,18?,19?,20+,21-,22-/m0/s1. The molecule has 168 valence electrons. The normalized spacial score (nSPS) is 45.0. The molecule has 0 amide bonds. The highest BCUT2D eigenvalue weighted by Crippen LogP contribution is 2.65. The molecule has 4 aliphatic rings. The molecule has 0 bridgehead atoms. The Hall–Kier alpha value is -1.30. The van der Waals surface area contributed by atoms with Gasteiger partial charge in [0.15, 0.2) is 5.79 Å². The van der Waals surface area contributed by atoms with Gasteiger partial charge in [0.25, 0.3) is 0 Å². The monoisotopic (exact) mass is 419 g/mol. The minimum atomic E-state index is -0.520. The number of ether oxygens (including phenoxy) is 3. The molecule has 1 saturated heterocycles. The van der Waals surface area contributed by atoms with Crippen molar-refractivity contribution in [1.82, 2.24) is 0 Å². The van der Waals surface area contributed by atoms with Crippen LogP contribution in [0.1, 0.15) is 72.6 Å². The Kier molecular flexibility index (Phi) is 5.84. The molecule has 4 fully saturated rings. The third kappa shape index (κ3) is 3.34. The number of azide groups is 1. The van der Waals surface area contributed by atoms with Gasteiger partial charge in [-0.1, -0.05) is 32.3 Å². The Balaban J connectivity index is 1.67. The van der Waals surface area contributed by atoms with E-state index in [0.29, 0.717) is 31.6 Å². The van der Waals surface area contributed by atoms with Gasteiger partial charge in [0.1, 0.15) is 6.10 Å². The highest BCUT2D eigenvalue weighted by atomic mass is 16.7. The van der Waals surface area contributed by atoms with E-state index in [1.807, 2.05) is 0 Å². The summed E-state index contributed by atoms with van der Waals surface area (Å²) in [6, 6.07) is 0. The van der Waals surface area contributed by atoms with Crippen LogP contribution < -0.4 is 0 Å². The molecule has 7 nitrogen and oxygen atoms in total. The van der Waals surface area contributed by atoms with Crippen LogP contribution in [0.5, 0.6) is 0 Å². The second-order valence-corrected chi connectivity index (χ2v) is 10.7. The van der Waals surface area contributed by atoms with E-state index in [2.05, 4.69) is 30.8 Å². The van der Waals surface area contributed by atoms with Crippen molar-refractivity contribution < 1.29 is 19.0 Å². The number of nitrogens with zero attached hydrogens (tertiary/aromatic N) is 3. The predicted octanol–water partition coefficient (Wildman–Crippen LogP) is 5.24. The summed E-state index contributed by atoms with van der Waals surface area (Å²) in [6.45, 7) is 10.3. The van der Waals surface area contributed by atoms with E-state index in [1.165, 1.54) is 13.3 Å². The minimum Gasteiger partial charge on any atom is -0.462 e. The van der Waals surface area contributed by atoms with Gasteiger partial charge in [0, 0.05) is 42.1 Å². The van der Waals surface area contributed by atoms with Crippen molar-refractivity contribution in [2.24, 2.45) is 39.6 Å². The molecule has 0 N–H and O–H groups in total. The van der Waals surface area contributed by atoms with E-state index in [1.54, 1.807) is 0 Å². The van der Waals surface area contributed by atoms with Crippen molar-refractivity contribution in [2.45, 2.75) is 84.5 Å². The number of carbonyl (C=O) groups excluding carboxylic acids is 1. The number of hydrogen-bond donors (Lipinski definition) is 0. The molecule has 1 aliphatic heterocycles. The molecule has 2 unspecified atom stereocenters. The summed E-state index contributed by atoms with van der Waals surface area (Å²) in [5, 5.41) is 3.98. The summed E-state index contributed by atoms with van der Waals surface area (Å²) < 4.78 is 18.5. The number of fused-ring (bicyclic) bond motifs is 2. The van der Waals surface area contributed by atoms with E-state index in [0.717, 1.165) is 38.5 Å². The zero-order chi connectivity index (χ0) is 21.6. The maximum absolute atomic E-state index is 12.2. The lowest BCUT2D eigenvalue weighted by Crippen LogP contribution is -2.58. The quantitative estimate of drug-likeness (QED) is 0.269. The summed E-state index contributed by atoms with van der Waals surface area (Å²) in [5.41, 5.74) is 8.81. The van der Waals surface area contributed by atoms with Gasteiger partial charge in [-0.05, 0) is 54.9 Å². The molecule has 7 heteroatoms. The first-order valence-corrected chi connectivity index (χ1v) is 11.7. The largest absolute Gasteiger partial charge is 0.462 e. The van der Waals surface area contributed by atoms with Crippen molar-refractivity contribution in [3.05, 3.63) is 10.4 Å². The van der Waals surface area contributed by atoms with Gasteiger partial charge in [0.05, 0.1) is 13.2 Å². The van der Waals surface area contributed by atoms with Crippen LogP contribution in [-0.4, -0.2) is 37.6 Å². The van der Waals surface area contributed by atoms with E-state index in [9.17, 15) is 4.79 Å². The minimum absolute atomic E-state index is 0.00467. The van der Waals surface area contributed by atoms with Gasteiger partial charge in [-0.15, -0.1) is 0 Å². The maximum Gasteiger partial charge on any atom is 0.302 e. The lowest BCUT2D eigenvalue weighted by Gasteiger charge is -2.57. The maximum atomic E-state index is 12.2. The predicted molar refractivity (Wildman–Crippen MR) is 112 cm³/mol. The van der Waals surface area contributed by atoms with Crippen molar-refractivity contribution in [3.8, 4) is 0 Å². The fourth-order valence-electron chi connectivity index (χ4n) is 7.57. The lowest BCUT2D eigenvalue weighted by atomic mass is 9.51. The van der Waals surface area contributed by atoms with Crippen LogP contribution in [0.2, 0.25) is 0 Å². The second kappa shape index (κ2) is 7.99. The number of rotatable bonds is 4. The molecule has 3 saturated carbocycles. The van der Waals surface area contributed by atoms with Gasteiger partial charge >= 0.3 is 5.97 Å². The van der Waals surface area contributed by atoms with Crippen LogP contribution in [0.25, 0.3) is 10.4 Å². The van der Waals surface area contributed by atoms with Gasteiger partial charge < -0.3 is 14.2 Å². The highest BCUT2D eigenvalue weighted by Gasteiger charge is 2.67. The number of hydrogen-bond acceptors (Lipinski definition) is 5. The summed E-state index contributed by atoms with van der Waals surface area (Å²) in [7, 11) is 0. The average molecular weight is 420 g/mol. The molecule has 0 aromatic heterocycles. The third-order valence-corrected chi connectivity index (χ3v) is 9.30. The topological polar surface area (TPSA) is 93.5 Å². The summed E-state index contributed by atoms with van der Waals surface area (Å²) in [6.07, 6.45) is 7.01. The Bertz CT molecular complexity index is 717. The first kappa shape index (κ1) is 21.9. The van der Waals surface area contributed by atoms with Crippen molar-refractivity contribution in [3.63, 3.8) is 0 Å². The Labute approximate surface area is 179 Å². The zero-order valence-electron chi connectivity index (χ0n) is 18.9. The fraction of sp³-hybridized carbons (Fsp3) is 0.957. The fourth-order valence-corrected chi connectivity index (χ4v) is 7.57. The van der Waals surface area contributed by atoms with Crippen LogP contribution >= 0.6 is 0 Å². The first-order valence-electron chi connectivity index (χ1n) is 11.7. The van der Waals surface area contributed by atoms with E-state index < -0.39 is 5.79 Å². The summed E-state index contributed by atoms with van der Waals surface area (Å²) in [4.78, 5) is 15.3. The first-order chi connectivity index (χ1) is 14.3. The molecule has 0 radical (unpaired) electrons. The molecule has 4 rings (SSSR count). The molecule has 7 atom stereocenters. The average Bonchev–Trinajstić information content (AvgIpc) is 3.29. The van der Waals surface area contributed by atoms with Gasteiger partial charge in [-0.3, -0.25) is 4.79 Å². The van der Waals surface area contributed by atoms with Crippen LogP contribution in [0, 0.1) is 34.5 Å². The van der Waals surface area contributed by atoms with Crippen molar-refractivity contribution >= 4 is 5.97 Å². The molecule has 30 heavy (non-hydrogen) atoms. The Morgan fingerprint density at radius 1 is 1.13 bits per heavy atom. The Morgan fingerprint density at radius 3 is 2.50 bits per heavy atom. The second-order valence-electron chi connectivity index (χ2n) is 10.7. The zero-order valence-corrected chi connectivity index (χ0v) is 18.9. The van der Waals surface area contributed by atoms with Gasteiger partial charge in [0.2, 0.25) is 0 Å². The number of carbonyl (C=O) groups is 1. The SMILES string of the molecule is CC(=O)O[C@H]1C2CCC3(OCCO3)[C@@]2(C)CCC1[C@@]1(C)CC[C@H](C)C[C@@H]1CN=[N+]=[N-]. The van der Waals surface area contributed by atoms with Crippen LogP contribution in [0.4, 0.5) is 0 Å². The van der Waals surface area contributed by atoms with Gasteiger partial charge in [-0.2, -0.15) is 0 Å². The molecule has 1 spiro atoms.